The first kappa shape index (κ1) is 16.7. The summed E-state index contributed by atoms with van der Waals surface area (Å²) in [5.74, 6) is -0.600. The van der Waals surface area contributed by atoms with Gasteiger partial charge in [0.1, 0.15) is 6.07 Å². The van der Waals surface area contributed by atoms with Crippen molar-refractivity contribution in [3.05, 3.63) is 65.7 Å². The van der Waals surface area contributed by atoms with Gasteiger partial charge in [0, 0.05) is 12.1 Å². The fraction of sp³-hybridized carbons (Fsp3) is 0.0588. The summed E-state index contributed by atoms with van der Waals surface area (Å²) in [7, 11) is 0. The van der Waals surface area contributed by atoms with E-state index < -0.39 is 5.84 Å². The van der Waals surface area contributed by atoms with Crippen molar-refractivity contribution in [2.45, 2.75) is 6.54 Å². The third-order valence-corrected chi connectivity index (χ3v) is 3.10. The van der Waals surface area contributed by atoms with E-state index in [0.717, 1.165) is 5.56 Å². The van der Waals surface area contributed by atoms with E-state index in [4.69, 9.17) is 16.4 Å². The number of anilines is 1. The highest BCUT2D eigenvalue weighted by atomic mass is 16.1. The molecular formula is C17H16N6O. The number of nitrogens with two attached hydrogens (primary N) is 1. The van der Waals surface area contributed by atoms with Crippen LogP contribution in [-0.2, 0) is 6.54 Å². The molecule has 0 saturated carbocycles. The van der Waals surface area contributed by atoms with E-state index in [1.165, 1.54) is 0 Å². The third-order valence-electron chi connectivity index (χ3n) is 3.10. The largest absolute Gasteiger partial charge is 0.382 e. The number of nitrogens with one attached hydrogen (secondary N) is 3. The van der Waals surface area contributed by atoms with Gasteiger partial charge in [0.15, 0.2) is 5.84 Å². The molecule has 0 unspecified atom stereocenters. The average molecular weight is 320 g/mol. The van der Waals surface area contributed by atoms with E-state index in [2.05, 4.69) is 15.8 Å². The molecular weight excluding hydrogens is 304 g/mol. The SMILES string of the molecule is N#C/C(=N\Nc1ccc(C(=O)NCc2ccccc2)cc1)C(=N)N. The Balaban J connectivity index is 1.95. The van der Waals surface area contributed by atoms with Gasteiger partial charge in [-0.25, -0.2) is 0 Å². The first-order valence-corrected chi connectivity index (χ1v) is 7.10. The summed E-state index contributed by atoms with van der Waals surface area (Å²) in [6.07, 6.45) is 0. The lowest BCUT2D eigenvalue weighted by Gasteiger charge is -2.06. The van der Waals surface area contributed by atoms with E-state index in [1.54, 1.807) is 30.3 Å². The zero-order valence-corrected chi connectivity index (χ0v) is 12.8. The molecule has 2 aromatic rings. The Labute approximate surface area is 139 Å². The predicted octanol–water partition coefficient (Wildman–Crippen LogP) is 1.84. The van der Waals surface area contributed by atoms with E-state index in [1.807, 2.05) is 30.3 Å². The minimum absolute atomic E-state index is 0.185. The van der Waals surface area contributed by atoms with Crippen LogP contribution < -0.4 is 16.5 Å². The minimum atomic E-state index is -0.415. The van der Waals surface area contributed by atoms with Gasteiger partial charge in [0.05, 0.1) is 5.69 Å². The van der Waals surface area contributed by atoms with Gasteiger partial charge in [0.2, 0.25) is 5.71 Å². The zero-order chi connectivity index (χ0) is 17.4. The number of nitrogens with zero attached hydrogens (tertiary/aromatic N) is 2. The molecule has 0 radical (unpaired) electrons. The van der Waals surface area contributed by atoms with E-state index in [9.17, 15) is 4.79 Å². The molecule has 0 fully saturated rings. The molecule has 0 saturated heterocycles. The van der Waals surface area contributed by atoms with Crippen LogP contribution in [0.5, 0.6) is 0 Å². The van der Waals surface area contributed by atoms with Gasteiger partial charge in [-0.15, -0.1) is 0 Å². The lowest BCUT2D eigenvalue weighted by atomic mass is 10.2. The summed E-state index contributed by atoms with van der Waals surface area (Å²) in [6.45, 7) is 0.452. The van der Waals surface area contributed by atoms with Crippen LogP contribution in [-0.4, -0.2) is 17.5 Å². The van der Waals surface area contributed by atoms with Crippen LogP contribution in [0.2, 0.25) is 0 Å². The quantitative estimate of drug-likeness (QED) is 0.368. The number of amidine groups is 1. The van der Waals surface area contributed by atoms with Crippen molar-refractivity contribution in [2.75, 3.05) is 5.43 Å². The molecule has 0 aliphatic rings. The normalized spacial score (nSPS) is 10.5. The number of benzene rings is 2. The number of hydrogen-bond donors (Lipinski definition) is 4. The number of carbonyl (C=O) groups excluding carboxylic acids is 1. The van der Waals surface area contributed by atoms with Gasteiger partial charge >= 0.3 is 0 Å². The van der Waals surface area contributed by atoms with Crippen molar-refractivity contribution in [3.8, 4) is 6.07 Å². The van der Waals surface area contributed by atoms with Crippen molar-refractivity contribution in [3.63, 3.8) is 0 Å². The first-order chi connectivity index (χ1) is 11.6. The summed E-state index contributed by atoms with van der Waals surface area (Å²) in [4.78, 5) is 12.1. The van der Waals surface area contributed by atoms with Crippen LogP contribution in [0.15, 0.2) is 59.7 Å². The van der Waals surface area contributed by atoms with Gasteiger partial charge in [-0.05, 0) is 29.8 Å². The molecule has 0 aliphatic carbocycles. The zero-order valence-electron chi connectivity index (χ0n) is 12.8. The second-order valence-corrected chi connectivity index (χ2v) is 4.84. The fourth-order valence-corrected chi connectivity index (χ4v) is 1.84. The Morgan fingerprint density at radius 3 is 2.42 bits per heavy atom. The molecule has 7 nitrogen and oxygen atoms in total. The number of nitriles is 1. The molecule has 0 heterocycles. The van der Waals surface area contributed by atoms with Crippen molar-refractivity contribution >= 4 is 23.1 Å². The highest BCUT2D eigenvalue weighted by Gasteiger charge is 2.05. The van der Waals surface area contributed by atoms with Crippen LogP contribution >= 0.6 is 0 Å². The van der Waals surface area contributed by atoms with Gasteiger partial charge in [0.25, 0.3) is 5.91 Å². The van der Waals surface area contributed by atoms with Crippen molar-refractivity contribution in [2.24, 2.45) is 10.8 Å². The molecule has 1 amide bonds. The lowest BCUT2D eigenvalue weighted by molar-refractivity contribution is 0.0951. The molecule has 2 aromatic carbocycles. The number of amides is 1. The molecule has 0 aliphatic heterocycles. The highest BCUT2D eigenvalue weighted by Crippen LogP contribution is 2.10. The molecule has 24 heavy (non-hydrogen) atoms. The molecule has 0 aromatic heterocycles. The second kappa shape index (κ2) is 8.10. The maximum absolute atomic E-state index is 12.1. The molecule has 2 rings (SSSR count). The predicted molar refractivity (Wildman–Crippen MR) is 92.6 cm³/mol. The first-order valence-electron chi connectivity index (χ1n) is 7.10. The standard InChI is InChI=1S/C17H16N6O/c18-10-15(16(19)20)23-22-14-8-6-13(7-9-14)17(24)21-11-12-4-2-1-3-5-12/h1-9,22H,11H2,(H3,19,20)(H,21,24)/b23-15+. The van der Waals surface area contributed by atoms with Crippen molar-refractivity contribution < 1.29 is 4.79 Å². The Kier molecular flexibility index (Phi) is 5.64. The molecule has 0 bridgehead atoms. The summed E-state index contributed by atoms with van der Waals surface area (Å²) in [6, 6.07) is 17.9. The molecule has 7 heteroatoms. The molecule has 120 valence electrons. The van der Waals surface area contributed by atoms with Crippen LogP contribution in [0.4, 0.5) is 5.69 Å². The number of rotatable bonds is 6. The highest BCUT2D eigenvalue weighted by molar-refractivity contribution is 6.45. The summed E-state index contributed by atoms with van der Waals surface area (Å²) < 4.78 is 0. The maximum atomic E-state index is 12.1. The number of carbonyl (C=O) groups is 1. The van der Waals surface area contributed by atoms with Crippen LogP contribution in [0.1, 0.15) is 15.9 Å². The molecule has 5 N–H and O–H groups in total. The Morgan fingerprint density at radius 1 is 1.17 bits per heavy atom. The smallest absolute Gasteiger partial charge is 0.251 e. The summed E-state index contributed by atoms with van der Waals surface area (Å²) in [5.41, 5.74) is 9.70. The Bertz CT molecular complexity index is 790. The van der Waals surface area contributed by atoms with Gasteiger partial charge in [-0.2, -0.15) is 10.4 Å². The van der Waals surface area contributed by atoms with Crippen LogP contribution in [0.3, 0.4) is 0 Å². The lowest BCUT2D eigenvalue weighted by Crippen LogP contribution is -2.22. The fourth-order valence-electron chi connectivity index (χ4n) is 1.84. The minimum Gasteiger partial charge on any atom is -0.382 e. The monoisotopic (exact) mass is 320 g/mol. The van der Waals surface area contributed by atoms with Gasteiger partial charge in [-0.3, -0.25) is 15.6 Å². The average Bonchev–Trinajstić information content (AvgIpc) is 2.61. The Hall–Kier alpha value is -3.66. The second-order valence-electron chi connectivity index (χ2n) is 4.84. The van der Waals surface area contributed by atoms with Gasteiger partial charge < -0.3 is 11.1 Å². The van der Waals surface area contributed by atoms with Crippen molar-refractivity contribution in [1.82, 2.24) is 5.32 Å². The number of hydrazone groups is 1. The topological polar surface area (TPSA) is 127 Å². The Morgan fingerprint density at radius 2 is 1.83 bits per heavy atom. The molecule has 0 atom stereocenters. The summed E-state index contributed by atoms with van der Waals surface area (Å²) in [5, 5.41) is 22.5. The number of hydrogen-bond acceptors (Lipinski definition) is 5. The van der Waals surface area contributed by atoms with Gasteiger partial charge in [-0.1, -0.05) is 30.3 Å². The third kappa shape index (κ3) is 4.68. The molecule has 0 spiro atoms. The van der Waals surface area contributed by atoms with E-state index in [0.29, 0.717) is 17.8 Å². The van der Waals surface area contributed by atoms with Crippen LogP contribution in [0, 0.1) is 16.7 Å². The van der Waals surface area contributed by atoms with E-state index in [-0.39, 0.29) is 11.6 Å². The maximum Gasteiger partial charge on any atom is 0.251 e. The van der Waals surface area contributed by atoms with Crippen LogP contribution in [0.25, 0.3) is 0 Å². The summed E-state index contributed by atoms with van der Waals surface area (Å²) >= 11 is 0. The van der Waals surface area contributed by atoms with Crippen molar-refractivity contribution in [1.29, 1.82) is 10.7 Å². The van der Waals surface area contributed by atoms with E-state index >= 15 is 0 Å².